The number of benzene rings is 1. The number of rotatable bonds is 6. The summed E-state index contributed by atoms with van der Waals surface area (Å²) in [5.41, 5.74) is 2.20. The van der Waals surface area contributed by atoms with Crippen LogP contribution in [0, 0.1) is 0 Å². The maximum Gasteiger partial charge on any atom is 0.224 e. The van der Waals surface area contributed by atoms with Crippen LogP contribution in [0.3, 0.4) is 0 Å². The molecule has 29 heavy (non-hydrogen) atoms. The van der Waals surface area contributed by atoms with Gasteiger partial charge in [0.15, 0.2) is 5.13 Å². The average Bonchev–Trinajstić information content (AvgIpc) is 3.38. The van der Waals surface area contributed by atoms with Crippen molar-refractivity contribution in [1.82, 2.24) is 15.2 Å². The van der Waals surface area contributed by atoms with Crippen LogP contribution in [0.25, 0.3) is 0 Å². The van der Waals surface area contributed by atoms with E-state index in [4.69, 9.17) is 4.98 Å². The Morgan fingerprint density at radius 1 is 1.31 bits per heavy atom. The van der Waals surface area contributed by atoms with Crippen molar-refractivity contribution in [3.05, 3.63) is 47.0 Å². The zero-order chi connectivity index (χ0) is 20.3. The molecule has 0 aliphatic carbocycles. The number of nitrogens with one attached hydrogen (secondary N) is 2. The first-order valence-electron chi connectivity index (χ1n) is 10.4. The van der Waals surface area contributed by atoms with E-state index in [9.17, 15) is 9.59 Å². The molecule has 154 valence electrons. The van der Waals surface area contributed by atoms with Gasteiger partial charge in [-0.25, -0.2) is 4.98 Å². The van der Waals surface area contributed by atoms with E-state index in [1.165, 1.54) is 5.56 Å². The summed E-state index contributed by atoms with van der Waals surface area (Å²) in [6, 6.07) is 10.5. The lowest BCUT2D eigenvalue weighted by atomic mass is 9.70. The number of anilines is 1. The molecule has 2 fully saturated rings. The number of hydrogen-bond donors (Lipinski definition) is 2. The third-order valence-corrected chi connectivity index (χ3v) is 6.92. The predicted octanol–water partition coefficient (Wildman–Crippen LogP) is 3.15. The number of nitrogens with zero attached hydrogens (tertiary/aromatic N) is 2. The molecule has 1 aromatic heterocycles. The highest BCUT2D eigenvalue weighted by Gasteiger charge is 2.41. The van der Waals surface area contributed by atoms with E-state index in [1.54, 1.807) is 11.3 Å². The summed E-state index contributed by atoms with van der Waals surface area (Å²) < 4.78 is 0. The van der Waals surface area contributed by atoms with Crippen molar-refractivity contribution in [3.63, 3.8) is 0 Å². The number of carbonyl (C=O) groups excluding carboxylic acids is 2. The van der Waals surface area contributed by atoms with Gasteiger partial charge in [-0.3, -0.25) is 9.59 Å². The van der Waals surface area contributed by atoms with Crippen LogP contribution in [-0.2, 0) is 15.0 Å². The highest BCUT2D eigenvalue weighted by atomic mass is 32.1. The summed E-state index contributed by atoms with van der Waals surface area (Å²) in [5, 5.41) is 9.33. The Bertz CT molecular complexity index is 859. The van der Waals surface area contributed by atoms with Crippen LogP contribution in [0.15, 0.2) is 35.7 Å². The maximum atomic E-state index is 12.8. The van der Waals surface area contributed by atoms with Crippen LogP contribution in [0.1, 0.15) is 50.3 Å². The highest BCUT2D eigenvalue weighted by Crippen LogP contribution is 2.42. The van der Waals surface area contributed by atoms with E-state index < -0.39 is 0 Å². The Kier molecular flexibility index (Phi) is 5.85. The number of hydrogen-bond acceptors (Lipinski definition) is 5. The van der Waals surface area contributed by atoms with Crippen LogP contribution < -0.4 is 10.6 Å². The third-order valence-electron chi connectivity index (χ3n) is 6.12. The molecule has 0 saturated carbocycles. The number of thiazole rings is 1. The maximum absolute atomic E-state index is 12.8. The van der Waals surface area contributed by atoms with Crippen molar-refractivity contribution >= 4 is 28.3 Å². The topological polar surface area (TPSA) is 74.3 Å². The van der Waals surface area contributed by atoms with Crippen LogP contribution in [0.2, 0.25) is 0 Å². The first kappa shape index (κ1) is 19.9. The molecule has 0 bridgehead atoms. The second-order valence-electron chi connectivity index (χ2n) is 7.90. The van der Waals surface area contributed by atoms with Gasteiger partial charge < -0.3 is 15.5 Å². The Labute approximate surface area is 175 Å². The number of amides is 2. The van der Waals surface area contributed by atoms with Gasteiger partial charge in [-0.05, 0) is 31.7 Å². The summed E-state index contributed by atoms with van der Waals surface area (Å²) in [6.07, 6.45) is 3.42. The van der Waals surface area contributed by atoms with E-state index in [1.807, 2.05) is 11.0 Å². The van der Waals surface area contributed by atoms with E-state index in [0.717, 1.165) is 36.6 Å². The Hall–Kier alpha value is -2.41. The van der Waals surface area contributed by atoms with Crippen LogP contribution in [-0.4, -0.2) is 47.4 Å². The minimum atomic E-state index is -0.163. The Morgan fingerprint density at radius 2 is 2.07 bits per heavy atom. The SMILES string of the molecule is CCNc1nc(C2(c3ccccc3)CCN(C(=O)C[C@@H]3CCC(=O)N3)CC2)cs1. The first-order chi connectivity index (χ1) is 14.1. The van der Waals surface area contributed by atoms with E-state index in [-0.39, 0.29) is 23.3 Å². The largest absolute Gasteiger partial charge is 0.362 e. The molecular formula is C22H28N4O2S. The summed E-state index contributed by atoms with van der Waals surface area (Å²) in [6.45, 7) is 4.35. The average molecular weight is 413 g/mol. The Balaban J connectivity index is 1.50. The normalized spacial score (nSPS) is 21.1. The van der Waals surface area contributed by atoms with Gasteiger partial charge in [-0.15, -0.1) is 11.3 Å². The molecule has 7 heteroatoms. The van der Waals surface area contributed by atoms with Crippen molar-refractivity contribution in [2.24, 2.45) is 0 Å². The summed E-state index contributed by atoms with van der Waals surface area (Å²) in [4.78, 5) is 31.0. The lowest BCUT2D eigenvalue weighted by Crippen LogP contribution is -2.47. The van der Waals surface area contributed by atoms with E-state index in [0.29, 0.717) is 25.9 Å². The van der Waals surface area contributed by atoms with Crippen LogP contribution in [0.5, 0.6) is 0 Å². The molecule has 2 aromatic rings. The number of carbonyl (C=O) groups is 2. The van der Waals surface area contributed by atoms with Gasteiger partial charge >= 0.3 is 0 Å². The van der Waals surface area contributed by atoms with E-state index >= 15 is 0 Å². The van der Waals surface area contributed by atoms with Gasteiger partial charge in [0, 0.05) is 49.3 Å². The van der Waals surface area contributed by atoms with E-state index in [2.05, 4.69) is 47.2 Å². The molecular weight excluding hydrogens is 384 g/mol. The molecule has 4 rings (SSSR count). The molecule has 0 radical (unpaired) electrons. The molecule has 2 saturated heterocycles. The molecule has 0 spiro atoms. The molecule has 2 amide bonds. The van der Waals surface area contributed by atoms with Crippen molar-refractivity contribution in [2.75, 3.05) is 25.0 Å². The monoisotopic (exact) mass is 412 g/mol. The molecule has 1 aromatic carbocycles. The lowest BCUT2D eigenvalue weighted by Gasteiger charge is -2.41. The molecule has 2 aliphatic rings. The van der Waals surface area contributed by atoms with Crippen LogP contribution in [0.4, 0.5) is 5.13 Å². The first-order valence-corrected chi connectivity index (χ1v) is 11.3. The van der Waals surface area contributed by atoms with Crippen molar-refractivity contribution < 1.29 is 9.59 Å². The molecule has 0 unspecified atom stereocenters. The summed E-state index contributed by atoms with van der Waals surface area (Å²) in [5.74, 6) is 0.204. The second-order valence-corrected chi connectivity index (χ2v) is 8.76. The fourth-order valence-electron chi connectivity index (χ4n) is 4.48. The van der Waals surface area contributed by atoms with Gasteiger partial charge in [0.05, 0.1) is 5.69 Å². The zero-order valence-electron chi connectivity index (χ0n) is 16.8. The van der Waals surface area contributed by atoms with Gasteiger partial charge in [-0.1, -0.05) is 30.3 Å². The molecule has 2 N–H and O–H groups in total. The second kappa shape index (κ2) is 8.53. The van der Waals surface area contributed by atoms with Gasteiger partial charge in [0.2, 0.25) is 11.8 Å². The third kappa shape index (κ3) is 4.15. The van der Waals surface area contributed by atoms with Gasteiger partial charge in [0.1, 0.15) is 0 Å². The van der Waals surface area contributed by atoms with Gasteiger partial charge in [-0.2, -0.15) is 0 Å². The molecule has 3 heterocycles. The summed E-state index contributed by atoms with van der Waals surface area (Å²) in [7, 11) is 0. The molecule has 1 atom stereocenters. The quantitative estimate of drug-likeness (QED) is 0.764. The Morgan fingerprint density at radius 3 is 2.72 bits per heavy atom. The highest BCUT2D eigenvalue weighted by molar-refractivity contribution is 7.13. The smallest absolute Gasteiger partial charge is 0.224 e. The van der Waals surface area contributed by atoms with Crippen molar-refractivity contribution in [1.29, 1.82) is 0 Å². The van der Waals surface area contributed by atoms with Crippen molar-refractivity contribution in [3.8, 4) is 0 Å². The van der Waals surface area contributed by atoms with Crippen LogP contribution >= 0.6 is 11.3 Å². The lowest BCUT2D eigenvalue weighted by molar-refractivity contribution is -0.133. The minimum absolute atomic E-state index is 0.00276. The standard InChI is InChI=1S/C22H28N4O2S/c1-2-23-21-25-18(15-29-21)22(16-6-4-3-5-7-16)10-12-26(13-11-22)20(28)14-17-8-9-19(27)24-17/h3-7,15,17H,2,8-14H2,1H3,(H,23,25)(H,24,27)/t17-/m0/s1. The molecule has 6 nitrogen and oxygen atoms in total. The van der Waals surface area contributed by atoms with Crippen molar-refractivity contribution in [2.45, 2.75) is 50.5 Å². The fourth-order valence-corrected chi connectivity index (χ4v) is 5.36. The number of likely N-dealkylation sites (tertiary alicyclic amines) is 1. The van der Waals surface area contributed by atoms with Gasteiger partial charge in [0.25, 0.3) is 0 Å². The minimum Gasteiger partial charge on any atom is -0.362 e. The number of aromatic nitrogens is 1. The predicted molar refractivity (Wildman–Crippen MR) is 115 cm³/mol. The summed E-state index contributed by atoms with van der Waals surface area (Å²) >= 11 is 1.65. The molecule has 2 aliphatic heterocycles. The number of piperidine rings is 1. The fraction of sp³-hybridized carbons (Fsp3) is 0.500. The zero-order valence-corrected chi connectivity index (χ0v) is 17.6.